The van der Waals surface area contributed by atoms with Crippen molar-refractivity contribution in [1.82, 2.24) is 24.9 Å². The zero-order valence-corrected chi connectivity index (χ0v) is 15.2. The number of rotatable bonds is 4. The van der Waals surface area contributed by atoms with Gasteiger partial charge in [0.15, 0.2) is 0 Å². The number of hydrogen-bond acceptors (Lipinski definition) is 3. The summed E-state index contributed by atoms with van der Waals surface area (Å²) < 4.78 is 1.99. The molecule has 1 N–H and O–H groups in total. The molecule has 0 saturated carbocycles. The van der Waals surface area contributed by atoms with E-state index in [9.17, 15) is 9.59 Å². The molecule has 24 heavy (non-hydrogen) atoms. The smallest absolute Gasteiger partial charge is 0.317 e. The van der Waals surface area contributed by atoms with E-state index in [0.717, 1.165) is 30.9 Å². The molecule has 1 saturated heterocycles. The summed E-state index contributed by atoms with van der Waals surface area (Å²) in [7, 11) is 0. The minimum atomic E-state index is -0.0411. The van der Waals surface area contributed by atoms with Gasteiger partial charge in [-0.3, -0.25) is 9.48 Å². The Bertz CT molecular complexity index is 584. The highest BCUT2D eigenvalue weighted by molar-refractivity contribution is 5.75. The van der Waals surface area contributed by atoms with E-state index in [1.54, 1.807) is 16.7 Å². The van der Waals surface area contributed by atoms with Crippen molar-refractivity contribution < 1.29 is 9.59 Å². The lowest BCUT2D eigenvalue weighted by molar-refractivity contribution is -0.128. The summed E-state index contributed by atoms with van der Waals surface area (Å²) in [5.41, 5.74) is 2.16. The highest BCUT2D eigenvalue weighted by atomic mass is 16.2. The lowest BCUT2D eigenvalue weighted by atomic mass is 10.2. The zero-order valence-electron chi connectivity index (χ0n) is 15.2. The highest BCUT2D eigenvalue weighted by Crippen LogP contribution is 2.07. The van der Waals surface area contributed by atoms with Crippen LogP contribution < -0.4 is 5.32 Å². The van der Waals surface area contributed by atoms with Gasteiger partial charge in [0.25, 0.3) is 0 Å². The third kappa shape index (κ3) is 4.97. The predicted molar refractivity (Wildman–Crippen MR) is 92.7 cm³/mol. The molecule has 1 aliphatic heterocycles. The van der Waals surface area contributed by atoms with Gasteiger partial charge in [-0.1, -0.05) is 6.92 Å². The summed E-state index contributed by atoms with van der Waals surface area (Å²) in [5, 5.41) is 7.47. The maximum atomic E-state index is 12.3. The molecule has 1 atom stereocenters. The second-order valence-electron chi connectivity index (χ2n) is 6.75. The van der Waals surface area contributed by atoms with E-state index < -0.39 is 0 Å². The predicted octanol–water partition coefficient (Wildman–Crippen LogP) is 1.40. The van der Waals surface area contributed by atoms with Crippen LogP contribution in [0, 0.1) is 19.8 Å². The number of hydrogen-bond donors (Lipinski definition) is 1. The monoisotopic (exact) mass is 335 g/mol. The Kier molecular flexibility index (Phi) is 6.23. The van der Waals surface area contributed by atoms with Crippen molar-refractivity contribution in [2.75, 3.05) is 32.7 Å². The van der Waals surface area contributed by atoms with Crippen LogP contribution in [0.3, 0.4) is 0 Å². The first-order chi connectivity index (χ1) is 11.4. The molecule has 3 amide bonds. The van der Waals surface area contributed by atoms with Gasteiger partial charge >= 0.3 is 6.03 Å². The number of nitrogens with one attached hydrogen (secondary N) is 1. The van der Waals surface area contributed by atoms with Crippen molar-refractivity contribution >= 4 is 11.9 Å². The van der Waals surface area contributed by atoms with Crippen LogP contribution in [0.2, 0.25) is 0 Å². The summed E-state index contributed by atoms with van der Waals surface area (Å²) in [6.07, 6.45) is 0.828. The van der Waals surface area contributed by atoms with Crippen LogP contribution in [-0.2, 0) is 11.3 Å². The SMILES string of the molecule is CC(=O)N1CCCN(C(=O)NC[C@@H](C)Cn2nc(C)cc2C)CC1. The van der Waals surface area contributed by atoms with Crippen molar-refractivity contribution in [1.29, 1.82) is 0 Å². The standard InChI is InChI=1S/C17H29N5O2/c1-13(12-22-15(3)10-14(2)19-22)11-18-17(24)21-7-5-6-20(8-9-21)16(4)23/h10,13H,5-9,11-12H2,1-4H3,(H,18,24)/t13-/m1/s1. The molecule has 0 bridgehead atoms. The first-order valence-electron chi connectivity index (χ1n) is 8.66. The van der Waals surface area contributed by atoms with Crippen molar-refractivity contribution in [3.63, 3.8) is 0 Å². The maximum Gasteiger partial charge on any atom is 0.317 e. The van der Waals surface area contributed by atoms with Crippen LogP contribution in [-0.4, -0.2) is 64.2 Å². The molecule has 0 unspecified atom stereocenters. The lowest BCUT2D eigenvalue weighted by Gasteiger charge is -2.23. The third-order valence-corrected chi connectivity index (χ3v) is 4.42. The number of urea groups is 1. The minimum Gasteiger partial charge on any atom is -0.341 e. The van der Waals surface area contributed by atoms with Gasteiger partial charge in [0.1, 0.15) is 0 Å². The van der Waals surface area contributed by atoms with Crippen molar-refractivity contribution in [2.45, 2.75) is 40.7 Å². The quantitative estimate of drug-likeness (QED) is 0.904. The van der Waals surface area contributed by atoms with Crippen molar-refractivity contribution in [2.24, 2.45) is 5.92 Å². The van der Waals surface area contributed by atoms with Gasteiger partial charge in [-0.25, -0.2) is 4.79 Å². The number of amides is 3. The van der Waals surface area contributed by atoms with E-state index in [-0.39, 0.29) is 11.9 Å². The topological polar surface area (TPSA) is 70.5 Å². The van der Waals surface area contributed by atoms with Gasteiger partial charge in [-0.05, 0) is 32.3 Å². The molecule has 2 rings (SSSR count). The Morgan fingerprint density at radius 2 is 1.88 bits per heavy atom. The normalized spacial score (nSPS) is 16.7. The summed E-state index contributed by atoms with van der Waals surface area (Å²) in [6.45, 7) is 11.8. The first kappa shape index (κ1) is 18.3. The van der Waals surface area contributed by atoms with Gasteiger partial charge < -0.3 is 15.1 Å². The average Bonchev–Trinajstić information content (AvgIpc) is 2.73. The summed E-state index contributed by atoms with van der Waals surface area (Å²) in [4.78, 5) is 27.4. The molecule has 0 aromatic carbocycles. The molecular weight excluding hydrogens is 306 g/mol. The molecule has 1 fully saturated rings. The molecule has 134 valence electrons. The fourth-order valence-electron chi connectivity index (χ4n) is 3.03. The zero-order chi connectivity index (χ0) is 17.7. The number of carbonyl (C=O) groups excluding carboxylic acids is 2. The second kappa shape index (κ2) is 8.17. The van der Waals surface area contributed by atoms with Gasteiger partial charge in [-0.2, -0.15) is 5.10 Å². The fraction of sp³-hybridized carbons (Fsp3) is 0.706. The van der Waals surface area contributed by atoms with Gasteiger partial charge in [-0.15, -0.1) is 0 Å². The van der Waals surface area contributed by atoms with E-state index >= 15 is 0 Å². The molecule has 2 heterocycles. The number of aromatic nitrogens is 2. The van der Waals surface area contributed by atoms with E-state index in [1.165, 1.54) is 0 Å². The molecule has 0 aliphatic carbocycles. The van der Waals surface area contributed by atoms with E-state index in [0.29, 0.717) is 32.1 Å². The minimum absolute atomic E-state index is 0.0411. The van der Waals surface area contributed by atoms with Crippen LogP contribution in [0.15, 0.2) is 6.07 Å². The van der Waals surface area contributed by atoms with E-state index in [4.69, 9.17) is 0 Å². The fourth-order valence-corrected chi connectivity index (χ4v) is 3.03. The van der Waals surface area contributed by atoms with E-state index in [2.05, 4.69) is 23.4 Å². The van der Waals surface area contributed by atoms with Crippen LogP contribution in [0.25, 0.3) is 0 Å². The lowest BCUT2D eigenvalue weighted by Crippen LogP contribution is -2.44. The third-order valence-electron chi connectivity index (χ3n) is 4.42. The van der Waals surface area contributed by atoms with Crippen LogP contribution >= 0.6 is 0 Å². The average molecular weight is 335 g/mol. The summed E-state index contributed by atoms with van der Waals surface area (Å²) in [6, 6.07) is 2.02. The van der Waals surface area contributed by atoms with Gasteiger partial charge in [0.2, 0.25) is 5.91 Å². The van der Waals surface area contributed by atoms with Crippen LogP contribution in [0.4, 0.5) is 4.79 Å². The largest absolute Gasteiger partial charge is 0.341 e. The Hall–Kier alpha value is -2.05. The van der Waals surface area contributed by atoms with E-state index in [1.807, 2.05) is 18.5 Å². The molecule has 7 heteroatoms. The van der Waals surface area contributed by atoms with Gasteiger partial charge in [0.05, 0.1) is 5.69 Å². The molecule has 1 aromatic heterocycles. The number of carbonyl (C=O) groups is 2. The van der Waals surface area contributed by atoms with Gasteiger partial charge in [0, 0.05) is 51.9 Å². The molecule has 0 spiro atoms. The first-order valence-corrected chi connectivity index (χ1v) is 8.66. The Morgan fingerprint density at radius 1 is 1.21 bits per heavy atom. The molecular formula is C17H29N5O2. The van der Waals surface area contributed by atoms with Crippen molar-refractivity contribution in [3.05, 3.63) is 17.5 Å². The Labute approximate surface area is 144 Å². The van der Waals surface area contributed by atoms with Crippen LogP contribution in [0.5, 0.6) is 0 Å². The number of nitrogens with zero attached hydrogens (tertiary/aromatic N) is 4. The van der Waals surface area contributed by atoms with Crippen molar-refractivity contribution in [3.8, 4) is 0 Å². The maximum absolute atomic E-state index is 12.3. The molecule has 1 aromatic rings. The summed E-state index contributed by atoms with van der Waals surface area (Å²) in [5.74, 6) is 0.378. The Morgan fingerprint density at radius 3 is 2.50 bits per heavy atom. The summed E-state index contributed by atoms with van der Waals surface area (Å²) >= 11 is 0. The molecule has 1 aliphatic rings. The molecule has 7 nitrogen and oxygen atoms in total. The number of aryl methyl sites for hydroxylation is 2. The highest BCUT2D eigenvalue weighted by Gasteiger charge is 2.20. The van der Waals surface area contributed by atoms with Crippen LogP contribution in [0.1, 0.15) is 31.7 Å². The second-order valence-corrected chi connectivity index (χ2v) is 6.75. The Balaban J connectivity index is 1.77. The molecule has 0 radical (unpaired) electrons.